The van der Waals surface area contributed by atoms with Gasteiger partial charge in [-0.15, -0.1) is 0 Å². The maximum Gasteiger partial charge on any atom is 0.277 e. The number of rotatable bonds is 9. The monoisotopic (exact) mass is 525 g/mol. The van der Waals surface area contributed by atoms with E-state index >= 15 is 0 Å². The second-order valence-corrected chi connectivity index (χ2v) is 9.37. The van der Waals surface area contributed by atoms with Crippen molar-refractivity contribution < 1.29 is 14.2 Å². The molecule has 1 N–H and O–H groups in total. The summed E-state index contributed by atoms with van der Waals surface area (Å²) in [6, 6.07) is 4.94. The van der Waals surface area contributed by atoms with Gasteiger partial charge in [0.1, 0.15) is 28.8 Å². The van der Waals surface area contributed by atoms with E-state index in [4.69, 9.17) is 16.3 Å². The van der Waals surface area contributed by atoms with E-state index in [-0.39, 0.29) is 23.9 Å². The van der Waals surface area contributed by atoms with Crippen LogP contribution in [0.5, 0.6) is 5.75 Å². The lowest BCUT2D eigenvalue weighted by atomic mass is 10.1. The van der Waals surface area contributed by atoms with Crippen LogP contribution in [0.1, 0.15) is 49.2 Å². The molecule has 3 aromatic heterocycles. The summed E-state index contributed by atoms with van der Waals surface area (Å²) in [5.74, 6) is 0.104. The molecule has 3 rings (SSSR count). The first-order valence-electron chi connectivity index (χ1n) is 11.5. The summed E-state index contributed by atoms with van der Waals surface area (Å²) >= 11 is 6.37. The summed E-state index contributed by atoms with van der Waals surface area (Å²) in [5.41, 5.74) is 1.71. The van der Waals surface area contributed by atoms with Crippen LogP contribution in [-0.2, 0) is 18.8 Å². The van der Waals surface area contributed by atoms with Crippen molar-refractivity contribution in [3.63, 3.8) is 0 Å². The second-order valence-electron chi connectivity index (χ2n) is 8.99. The molecular formula is C27H29ClFN5O3. The molecule has 0 radical (unpaired) electrons. The van der Waals surface area contributed by atoms with Crippen molar-refractivity contribution in [3.05, 3.63) is 98.5 Å². The van der Waals surface area contributed by atoms with Gasteiger partial charge in [0, 0.05) is 24.2 Å². The van der Waals surface area contributed by atoms with Gasteiger partial charge < -0.3 is 9.84 Å². The van der Waals surface area contributed by atoms with Crippen LogP contribution in [0.3, 0.4) is 0 Å². The normalized spacial score (nSPS) is 12.5. The third-order valence-electron chi connectivity index (χ3n) is 5.42. The van der Waals surface area contributed by atoms with Crippen LogP contribution in [-0.4, -0.2) is 30.8 Å². The lowest BCUT2D eigenvalue weighted by molar-refractivity contribution is 0.0684. The third-order valence-corrected chi connectivity index (χ3v) is 5.76. The Morgan fingerprint density at radius 3 is 2.68 bits per heavy atom. The Morgan fingerprint density at radius 2 is 2.03 bits per heavy atom. The number of aliphatic imine (C=N–C) groups is 1. The Bertz CT molecular complexity index is 1440. The Morgan fingerprint density at radius 1 is 1.30 bits per heavy atom. The average molecular weight is 526 g/mol. The van der Waals surface area contributed by atoms with E-state index in [1.165, 1.54) is 4.57 Å². The van der Waals surface area contributed by atoms with E-state index in [1.807, 2.05) is 0 Å². The van der Waals surface area contributed by atoms with E-state index in [9.17, 15) is 14.3 Å². The van der Waals surface area contributed by atoms with Gasteiger partial charge in [-0.1, -0.05) is 18.2 Å². The van der Waals surface area contributed by atoms with Crippen LogP contribution < -0.4 is 10.3 Å². The lowest BCUT2D eigenvalue weighted by Gasteiger charge is -2.16. The van der Waals surface area contributed by atoms with Crippen molar-refractivity contribution in [1.82, 2.24) is 19.5 Å². The van der Waals surface area contributed by atoms with E-state index in [0.29, 0.717) is 39.7 Å². The Balaban J connectivity index is 1.85. The molecule has 0 fully saturated rings. The molecule has 0 atom stereocenters. The smallest absolute Gasteiger partial charge is 0.277 e. The third kappa shape index (κ3) is 6.75. The molecule has 3 heterocycles. The Labute approximate surface area is 219 Å². The largest absolute Gasteiger partial charge is 0.485 e. The molecule has 37 heavy (non-hydrogen) atoms. The fourth-order valence-corrected chi connectivity index (χ4v) is 3.66. The number of aromatic nitrogens is 4. The number of aliphatic hydroxyl groups is 1. The van der Waals surface area contributed by atoms with Gasteiger partial charge in [-0.2, -0.15) is 0 Å². The van der Waals surface area contributed by atoms with Gasteiger partial charge in [0.25, 0.3) is 5.56 Å². The fraction of sp³-hybridized carbons (Fsp3) is 0.296. The number of hydrogen-bond acceptors (Lipinski definition) is 7. The molecular weight excluding hydrogens is 497 g/mol. The zero-order valence-electron chi connectivity index (χ0n) is 21.4. The minimum Gasteiger partial charge on any atom is -0.485 e. The van der Waals surface area contributed by atoms with Crippen molar-refractivity contribution in [3.8, 4) is 5.75 Å². The highest BCUT2D eigenvalue weighted by Crippen LogP contribution is 2.25. The number of halogens is 2. The standard InChI is InChI=1S/C27H29ClFN5O3/c1-7-22(17(3)12-30-13-19-8-9-31-26(33-19)27(5,6)36)34-18(4)11-23(24(28)25(34)35)37-15-20-10-16(2)21(29)14-32-20/h7-12,14,36H,1,13,15H2,2-6H3/b22-17+,30-12-. The van der Waals surface area contributed by atoms with E-state index in [1.54, 1.807) is 71.3 Å². The zero-order valence-corrected chi connectivity index (χ0v) is 22.2. The molecule has 0 aliphatic rings. The lowest BCUT2D eigenvalue weighted by Crippen LogP contribution is -2.23. The highest BCUT2D eigenvalue weighted by atomic mass is 35.5. The number of pyridine rings is 2. The van der Waals surface area contributed by atoms with E-state index < -0.39 is 17.0 Å². The van der Waals surface area contributed by atoms with Gasteiger partial charge in [0.05, 0.1) is 29.8 Å². The van der Waals surface area contributed by atoms with Crippen molar-refractivity contribution in [2.24, 2.45) is 4.99 Å². The first-order chi connectivity index (χ1) is 17.4. The maximum atomic E-state index is 13.5. The maximum absolute atomic E-state index is 13.5. The molecule has 8 nitrogen and oxygen atoms in total. The van der Waals surface area contributed by atoms with Gasteiger partial charge >= 0.3 is 0 Å². The fourth-order valence-electron chi connectivity index (χ4n) is 3.46. The van der Waals surface area contributed by atoms with Crippen molar-refractivity contribution in [2.45, 2.75) is 53.4 Å². The summed E-state index contributed by atoms with van der Waals surface area (Å²) in [5, 5.41) is 10.0. The number of allylic oxidation sites excluding steroid dienone is 3. The molecule has 0 spiro atoms. The summed E-state index contributed by atoms with van der Waals surface area (Å²) in [4.78, 5) is 30.0. The van der Waals surface area contributed by atoms with Crippen LogP contribution in [0, 0.1) is 19.7 Å². The summed E-state index contributed by atoms with van der Waals surface area (Å²) in [6.45, 7) is 12.5. The Hall–Kier alpha value is -3.69. The van der Waals surface area contributed by atoms with Crippen LogP contribution >= 0.6 is 11.6 Å². The Kier molecular flexibility index (Phi) is 8.73. The summed E-state index contributed by atoms with van der Waals surface area (Å²) in [7, 11) is 0. The predicted octanol–water partition coefficient (Wildman–Crippen LogP) is 4.94. The highest BCUT2D eigenvalue weighted by molar-refractivity contribution is 6.31. The molecule has 10 heteroatoms. The molecule has 0 saturated heterocycles. The van der Waals surface area contributed by atoms with Crippen molar-refractivity contribution >= 4 is 23.5 Å². The molecule has 0 unspecified atom stereocenters. The molecule has 3 aromatic rings. The molecule has 0 amide bonds. The second kappa shape index (κ2) is 11.6. The van der Waals surface area contributed by atoms with Gasteiger partial charge in [0.15, 0.2) is 5.82 Å². The summed E-state index contributed by atoms with van der Waals surface area (Å²) in [6.07, 6.45) is 5.87. The van der Waals surface area contributed by atoms with E-state index in [2.05, 4.69) is 26.5 Å². The van der Waals surface area contributed by atoms with Crippen LogP contribution in [0.15, 0.2) is 58.6 Å². The van der Waals surface area contributed by atoms with Crippen LogP contribution in [0.2, 0.25) is 5.02 Å². The minimum atomic E-state index is -1.16. The highest BCUT2D eigenvalue weighted by Gasteiger charge is 2.19. The van der Waals surface area contributed by atoms with Crippen LogP contribution in [0.25, 0.3) is 5.70 Å². The molecule has 0 bridgehead atoms. The quantitative estimate of drug-likeness (QED) is 0.313. The van der Waals surface area contributed by atoms with Crippen LogP contribution in [0.4, 0.5) is 4.39 Å². The van der Waals surface area contributed by atoms with Crippen molar-refractivity contribution in [2.75, 3.05) is 0 Å². The van der Waals surface area contributed by atoms with Gasteiger partial charge in [-0.05, 0) is 64.0 Å². The van der Waals surface area contributed by atoms with E-state index in [0.717, 1.165) is 6.20 Å². The average Bonchev–Trinajstić information content (AvgIpc) is 2.84. The number of aryl methyl sites for hydroxylation is 2. The molecule has 0 aliphatic heterocycles. The van der Waals surface area contributed by atoms with Gasteiger partial charge in [-0.3, -0.25) is 19.3 Å². The van der Waals surface area contributed by atoms with Gasteiger partial charge in [0.2, 0.25) is 0 Å². The first kappa shape index (κ1) is 27.9. The number of hydrogen-bond donors (Lipinski definition) is 1. The first-order valence-corrected chi connectivity index (χ1v) is 11.8. The van der Waals surface area contributed by atoms with Crippen molar-refractivity contribution in [1.29, 1.82) is 0 Å². The topological polar surface area (TPSA) is 102 Å². The number of ether oxygens (including phenoxy) is 1. The number of nitrogens with zero attached hydrogens (tertiary/aromatic N) is 5. The zero-order chi connectivity index (χ0) is 27.3. The summed E-state index contributed by atoms with van der Waals surface area (Å²) < 4.78 is 20.6. The molecule has 0 saturated carbocycles. The van der Waals surface area contributed by atoms with Gasteiger partial charge in [-0.25, -0.2) is 14.4 Å². The molecule has 194 valence electrons. The predicted molar refractivity (Wildman–Crippen MR) is 142 cm³/mol. The molecule has 0 aliphatic carbocycles. The molecule has 0 aromatic carbocycles. The SMILES string of the molecule is C=C/C(=C(C)\C=N/Cc1ccnc(C(C)(C)O)n1)n1c(C)cc(OCc2cc(C)c(F)cn2)c(Cl)c1=O. The minimum absolute atomic E-state index is 0.0256.